The van der Waals surface area contributed by atoms with E-state index < -0.39 is 41.3 Å². The van der Waals surface area contributed by atoms with E-state index in [1.807, 2.05) is 0 Å². The molecule has 0 bridgehead atoms. The molecule has 2 N–H and O–H groups in total. The normalized spacial score (nSPS) is 18.3. The molecule has 3 heterocycles. The summed E-state index contributed by atoms with van der Waals surface area (Å²) in [6.07, 6.45) is 0. The molecular weight excluding hydrogens is 456 g/mol. The van der Waals surface area contributed by atoms with Crippen LogP contribution >= 0.6 is 0 Å². The van der Waals surface area contributed by atoms with Crippen LogP contribution in [-0.4, -0.2) is 38.1 Å². The molecule has 10 heteroatoms. The Morgan fingerprint density at radius 3 is 2.54 bits per heavy atom. The molecule has 2 aromatic carbocycles. The number of methoxy groups -OCH3 is 1. The summed E-state index contributed by atoms with van der Waals surface area (Å²) in [7, 11) is 1.19. The molecule has 2 aliphatic rings. The second-order valence-corrected chi connectivity index (χ2v) is 7.89. The number of nitrogens with zero attached hydrogens (tertiary/aromatic N) is 1. The summed E-state index contributed by atoms with van der Waals surface area (Å²) in [5.74, 6) is -2.80. The van der Waals surface area contributed by atoms with Gasteiger partial charge in [0.25, 0.3) is 0 Å². The van der Waals surface area contributed by atoms with Gasteiger partial charge in [0, 0.05) is 11.3 Å². The van der Waals surface area contributed by atoms with Gasteiger partial charge in [-0.25, -0.2) is 9.59 Å². The number of para-hydroxylation sites is 2. The Kier molecular flexibility index (Phi) is 5.08. The molecule has 3 aromatic rings. The van der Waals surface area contributed by atoms with Crippen LogP contribution in [0, 0.1) is 0 Å². The highest BCUT2D eigenvalue weighted by Crippen LogP contribution is 2.55. The molecule has 0 saturated carbocycles. The first-order valence-electron chi connectivity index (χ1n) is 10.8. The number of esters is 2. The summed E-state index contributed by atoms with van der Waals surface area (Å²) in [5, 5.41) is 0.379. The Morgan fingerprint density at radius 2 is 1.80 bits per heavy atom. The lowest BCUT2D eigenvalue weighted by Gasteiger charge is -2.35. The molecule has 1 unspecified atom stereocenters. The number of benzene rings is 2. The Balaban J connectivity index is 1.93. The van der Waals surface area contributed by atoms with Crippen LogP contribution in [0.4, 0.5) is 5.69 Å². The van der Waals surface area contributed by atoms with E-state index in [0.29, 0.717) is 11.1 Å². The lowest BCUT2D eigenvalue weighted by atomic mass is 9.68. The molecule has 35 heavy (non-hydrogen) atoms. The topological polar surface area (TPSA) is 138 Å². The first-order chi connectivity index (χ1) is 16.9. The molecule has 1 atom stereocenters. The van der Waals surface area contributed by atoms with Gasteiger partial charge >= 0.3 is 17.6 Å². The van der Waals surface area contributed by atoms with Crippen molar-refractivity contribution in [3.8, 4) is 5.75 Å². The summed E-state index contributed by atoms with van der Waals surface area (Å²) in [6, 6.07) is 13.1. The number of hydrogen-bond donors (Lipinski definition) is 1. The lowest BCUT2D eigenvalue weighted by molar-refractivity contribution is -0.141. The van der Waals surface area contributed by atoms with Gasteiger partial charge in [0.1, 0.15) is 28.7 Å². The molecular formula is C25H20N2O8. The largest absolute Gasteiger partial charge is 0.468 e. The number of hydrogen-bond acceptors (Lipinski definition) is 9. The summed E-state index contributed by atoms with van der Waals surface area (Å²) in [4.78, 5) is 54.4. The number of ether oxygens (including phenoxy) is 3. The van der Waals surface area contributed by atoms with Gasteiger partial charge in [-0.2, -0.15) is 0 Å². The number of nitrogens with two attached hydrogens (primary N) is 1. The number of carbonyl (C=O) groups is 3. The van der Waals surface area contributed by atoms with Crippen LogP contribution in [0.25, 0.3) is 11.0 Å². The Hall–Kier alpha value is -4.60. The Morgan fingerprint density at radius 1 is 1.09 bits per heavy atom. The second kappa shape index (κ2) is 8.01. The first kappa shape index (κ1) is 22.2. The average molecular weight is 476 g/mol. The van der Waals surface area contributed by atoms with Gasteiger partial charge in [-0.1, -0.05) is 30.3 Å². The van der Waals surface area contributed by atoms with Gasteiger partial charge in [-0.05, 0) is 25.1 Å². The number of carbonyl (C=O) groups excluding carboxylic acids is 3. The van der Waals surface area contributed by atoms with Gasteiger partial charge < -0.3 is 24.4 Å². The van der Waals surface area contributed by atoms with Crippen LogP contribution in [-0.2, 0) is 29.3 Å². The molecule has 0 saturated heterocycles. The predicted molar refractivity (Wildman–Crippen MR) is 123 cm³/mol. The maximum Gasteiger partial charge on any atom is 0.345 e. The van der Waals surface area contributed by atoms with Crippen LogP contribution in [0.1, 0.15) is 18.1 Å². The molecule has 10 nitrogen and oxygen atoms in total. The third kappa shape index (κ3) is 2.96. The molecule has 0 aliphatic carbocycles. The average Bonchev–Trinajstić information content (AvgIpc) is 3.07. The number of anilines is 1. The SMILES string of the molecule is CCOC(=O)C1=C(N)Oc2c(c(=O)oc3ccccc23)C12C(=O)N(CC(=O)OC)c1ccccc12. The van der Waals surface area contributed by atoms with Crippen LogP contribution in [0.5, 0.6) is 5.75 Å². The van der Waals surface area contributed by atoms with Gasteiger partial charge in [0.15, 0.2) is 5.75 Å². The molecule has 178 valence electrons. The quantitative estimate of drug-likeness (QED) is 0.440. The Labute approximate surface area is 198 Å². The summed E-state index contributed by atoms with van der Waals surface area (Å²) < 4.78 is 21.4. The molecule has 1 aromatic heterocycles. The number of rotatable bonds is 4. The smallest absolute Gasteiger partial charge is 0.345 e. The van der Waals surface area contributed by atoms with Crippen molar-refractivity contribution in [1.82, 2.24) is 0 Å². The molecule has 2 aliphatic heterocycles. The molecule has 5 rings (SSSR count). The molecule has 1 amide bonds. The highest BCUT2D eigenvalue weighted by Gasteiger charge is 2.63. The number of amides is 1. The second-order valence-electron chi connectivity index (χ2n) is 7.89. The van der Waals surface area contributed by atoms with Crippen LogP contribution < -0.4 is 21.0 Å². The number of fused-ring (bicyclic) bond motifs is 6. The fourth-order valence-electron chi connectivity index (χ4n) is 4.77. The monoisotopic (exact) mass is 476 g/mol. The molecule has 0 fully saturated rings. The standard InChI is InChI=1S/C25H20N2O8/c1-3-33-22(29)19-21(26)35-20-13-8-4-7-11-16(13)34-23(30)18(20)25(19)14-9-5-6-10-15(14)27(24(25)31)12-17(28)32-2/h4-11H,3,12,26H2,1-2H3. The van der Waals surface area contributed by atoms with Crippen molar-refractivity contribution in [2.75, 3.05) is 25.2 Å². The fraction of sp³-hybridized carbons (Fsp3) is 0.200. The highest BCUT2D eigenvalue weighted by molar-refractivity contribution is 6.20. The van der Waals surface area contributed by atoms with Gasteiger partial charge in [-0.15, -0.1) is 0 Å². The highest BCUT2D eigenvalue weighted by atomic mass is 16.5. The summed E-state index contributed by atoms with van der Waals surface area (Å²) >= 11 is 0. The van der Waals surface area contributed by atoms with Gasteiger partial charge in [-0.3, -0.25) is 14.5 Å². The lowest BCUT2D eigenvalue weighted by Crippen LogP contribution is -2.51. The van der Waals surface area contributed by atoms with Crippen LogP contribution in [0.15, 0.2) is 69.2 Å². The predicted octanol–water partition coefficient (Wildman–Crippen LogP) is 1.72. The zero-order valence-electron chi connectivity index (χ0n) is 18.8. The minimum atomic E-state index is -2.07. The van der Waals surface area contributed by atoms with Gasteiger partial charge in [0.2, 0.25) is 11.8 Å². The zero-order valence-corrected chi connectivity index (χ0v) is 18.8. The van der Waals surface area contributed by atoms with Crippen molar-refractivity contribution < 1.29 is 33.0 Å². The van der Waals surface area contributed by atoms with Gasteiger partial charge in [0.05, 0.1) is 19.1 Å². The van der Waals surface area contributed by atoms with E-state index in [0.717, 1.165) is 4.90 Å². The first-order valence-corrected chi connectivity index (χ1v) is 10.8. The molecule has 1 spiro atoms. The van der Waals surface area contributed by atoms with E-state index in [9.17, 15) is 19.2 Å². The van der Waals surface area contributed by atoms with E-state index in [4.69, 9.17) is 24.4 Å². The summed E-state index contributed by atoms with van der Waals surface area (Å²) in [6.45, 7) is 1.11. The van der Waals surface area contributed by atoms with Crippen LogP contribution in [0.2, 0.25) is 0 Å². The van der Waals surface area contributed by atoms with E-state index in [-0.39, 0.29) is 34.6 Å². The zero-order chi connectivity index (χ0) is 24.9. The van der Waals surface area contributed by atoms with Crippen molar-refractivity contribution in [2.24, 2.45) is 5.73 Å². The molecule has 0 radical (unpaired) electrons. The van der Waals surface area contributed by atoms with Crippen molar-refractivity contribution in [2.45, 2.75) is 12.3 Å². The maximum atomic E-state index is 14.3. The van der Waals surface area contributed by atoms with Crippen molar-refractivity contribution in [3.05, 3.63) is 81.5 Å². The maximum absolute atomic E-state index is 14.3. The fourth-order valence-corrected chi connectivity index (χ4v) is 4.77. The third-order valence-electron chi connectivity index (χ3n) is 6.13. The van der Waals surface area contributed by atoms with Crippen molar-refractivity contribution in [3.63, 3.8) is 0 Å². The van der Waals surface area contributed by atoms with E-state index in [2.05, 4.69) is 0 Å². The van der Waals surface area contributed by atoms with E-state index >= 15 is 0 Å². The van der Waals surface area contributed by atoms with E-state index in [1.54, 1.807) is 55.5 Å². The minimum absolute atomic E-state index is 0.00882. The summed E-state index contributed by atoms with van der Waals surface area (Å²) in [5.41, 5.74) is 3.50. The minimum Gasteiger partial charge on any atom is -0.468 e. The van der Waals surface area contributed by atoms with Crippen molar-refractivity contribution >= 4 is 34.5 Å². The van der Waals surface area contributed by atoms with Crippen LogP contribution in [0.3, 0.4) is 0 Å². The third-order valence-corrected chi connectivity index (χ3v) is 6.13. The van der Waals surface area contributed by atoms with Crippen molar-refractivity contribution in [1.29, 1.82) is 0 Å². The van der Waals surface area contributed by atoms with E-state index in [1.165, 1.54) is 7.11 Å². The Bertz CT molecular complexity index is 1500.